The molecule has 0 radical (unpaired) electrons. The molecule has 0 atom stereocenters. The Labute approximate surface area is 106 Å². The fourth-order valence-electron chi connectivity index (χ4n) is 1.33. The number of hydrogen-bond donors (Lipinski definition) is 1. The number of halogens is 1. The normalized spacial score (nSPS) is 14.9. The van der Waals surface area contributed by atoms with Gasteiger partial charge in [0.15, 0.2) is 0 Å². The van der Waals surface area contributed by atoms with Gasteiger partial charge in [0, 0.05) is 33.6 Å². The van der Waals surface area contributed by atoms with Crippen LogP contribution in [0.25, 0.3) is 0 Å². The van der Waals surface area contributed by atoms with Crippen molar-refractivity contribution in [2.24, 2.45) is 0 Å². The molecule has 2 rings (SSSR count). The van der Waals surface area contributed by atoms with Crippen LogP contribution in [0.3, 0.4) is 0 Å². The van der Waals surface area contributed by atoms with Gasteiger partial charge in [0.25, 0.3) is 4.73 Å². The highest BCUT2D eigenvalue weighted by molar-refractivity contribution is 9.10. The SMILES string of the molecule is C=C(CNC1CC1)Cn1nc([N+](=O)[O-])nc1Br. The number of rotatable bonds is 6. The van der Waals surface area contributed by atoms with Gasteiger partial charge in [-0.2, -0.15) is 4.68 Å². The molecular weight excluding hydrogens is 290 g/mol. The van der Waals surface area contributed by atoms with Crippen molar-refractivity contribution in [1.29, 1.82) is 0 Å². The van der Waals surface area contributed by atoms with Crippen LogP contribution >= 0.6 is 15.9 Å². The zero-order valence-corrected chi connectivity index (χ0v) is 10.7. The first-order valence-corrected chi connectivity index (χ1v) is 6.00. The van der Waals surface area contributed by atoms with E-state index in [0.29, 0.717) is 23.9 Å². The molecular formula is C9H12BrN5O2. The van der Waals surface area contributed by atoms with Crippen LogP contribution in [0.5, 0.6) is 0 Å². The van der Waals surface area contributed by atoms with Crippen molar-refractivity contribution in [2.75, 3.05) is 6.54 Å². The predicted octanol–water partition coefficient (Wildman–Crippen LogP) is 1.26. The van der Waals surface area contributed by atoms with E-state index in [9.17, 15) is 10.1 Å². The van der Waals surface area contributed by atoms with Gasteiger partial charge in [-0.25, -0.2) is 0 Å². The Morgan fingerprint density at radius 2 is 2.41 bits per heavy atom. The molecule has 1 fully saturated rings. The predicted molar refractivity (Wildman–Crippen MR) is 64.5 cm³/mol. The third-order valence-corrected chi connectivity index (χ3v) is 2.96. The van der Waals surface area contributed by atoms with Gasteiger partial charge in [0.2, 0.25) is 0 Å². The summed E-state index contributed by atoms with van der Waals surface area (Å²) >= 11 is 3.13. The summed E-state index contributed by atoms with van der Waals surface area (Å²) in [5.74, 6) is -0.403. The van der Waals surface area contributed by atoms with Gasteiger partial charge in [0.1, 0.15) is 0 Å². The molecule has 0 amide bonds. The lowest BCUT2D eigenvalue weighted by molar-refractivity contribution is -0.394. The monoisotopic (exact) mass is 301 g/mol. The van der Waals surface area contributed by atoms with Gasteiger partial charge < -0.3 is 15.4 Å². The van der Waals surface area contributed by atoms with Crippen LogP contribution in [-0.4, -0.2) is 32.3 Å². The lowest BCUT2D eigenvalue weighted by Gasteiger charge is -2.04. The van der Waals surface area contributed by atoms with Gasteiger partial charge in [-0.1, -0.05) is 6.58 Å². The molecule has 92 valence electrons. The average molecular weight is 302 g/mol. The third-order valence-electron chi connectivity index (χ3n) is 2.37. The van der Waals surface area contributed by atoms with Crippen molar-refractivity contribution in [3.8, 4) is 0 Å². The number of nitro groups is 1. The molecule has 17 heavy (non-hydrogen) atoms. The highest BCUT2D eigenvalue weighted by Crippen LogP contribution is 2.19. The Balaban J connectivity index is 1.92. The zero-order chi connectivity index (χ0) is 12.4. The molecule has 8 heteroatoms. The second-order valence-corrected chi connectivity index (χ2v) is 4.71. The fourth-order valence-corrected chi connectivity index (χ4v) is 1.70. The molecule has 0 saturated heterocycles. The van der Waals surface area contributed by atoms with Gasteiger partial charge in [-0.15, -0.1) is 0 Å². The number of nitrogens with one attached hydrogen (secondary N) is 1. The largest absolute Gasteiger partial charge is 0.492 e. The molecule has 1 aliphatic carbocycles. The number of hydrogen-bond acceptors (Lipinski definition) is 5. The molecule has 1 N–H and O–H groups in total. The summed E-state index contributed by atoms with van der Waals surface area (Å²) in [5, 5.41) is 17.6. The molecule has 1 saturated carbocycles. The first-order chi connectivity index (χ1) is 8.06. The summed E-state index contributed by atoms with van der Waals surface area (Å²) < 4.78 is 1.77. The Bertz CT molecular complexity index is 454. The van der Waals surface area contributed by atoms with Crippen LogP contribution in [0.4, 0.5) is 5.95 Å². The van der Waals surface area contributed by atoms with E-state index < -0.39 is 10.9 Å². The highest BCUT2D eigenvalue weighted by atomic mass is 79.9. The van der Waals surface area contributed by atoms with Crippen molar-refractivity contribution >= 4 is 21.9 Å². The van der Waals surface area contributed by atoms with Crippen LogP contribution in [-0.2, 0) is 6.54 Å². The Hall–Kier alpha value is -1.28. The van der Waals surface area contributed by atoms with Crippen molar-refractivity contribution < 1.29 is 4.92 Å². The average Bonchev–Trinajstić information content (AvgIpc) is 3.02. The summed E-state index contributed by atoms with van der Waals surface area (Å²) in [7, 11) is 0. The van der Waals surface area contributed by atoms with E-state index in [2.05, 4.69) is 37.9 Å². The van der Waals surface area contributed by atoms with Crippen LogP contribution in [0, 0.1) is 10.1 Å². The van der Waals surface area contributed by atoms with Crippen LogP contribution in [0.1, 0.15) is 12.8 Å². The molecule has 1 aliphatic rings. The maximum atomic E-state index is 10.5. The molecule has 0 aliphatic heterocycles. The Kier molecular flexibility index (Phi) is 3.53. The molecule has 1 heterocycles. The lowest BCUT2D eigenvalue weighted by atomic mass is 10.3. The second-order valence-electron chi connectivity index (χ2n) is 4.00. The van der Waals surface area contributed by atoms with Crippen LogP contribution in [0.2, 0.25) is 0 Å². The first kappa shape index (κ1) is 12.2. The molecule has 0 bridgehead atoms. The van der Waals surface area contributed by atoms with Crippen molar-refractivity contribution in [1.82, 2.24) is 20.1 Å². The maximum absolute atomic E-state index is 10.5. The minimum absolute atomic E-state index is 0.344. The Morgan fingerprint density at radius 3 is 2.94 bits per heavy atom. The standard InChI is InChI=1S/C9H12BrN5O2/c1-6(4-11-7-2-3-7)5-14-8(10)12-9(13-14)15(16)17/h7,11H,1-5H2. The summed E-state index contributed by atoms with van der Waals surface area (Å²) in [6.07, 6.45) is 2.43. The van der Waals surface area contributed by atoms with E-state index in [0.717, 1.165) is 5.57 Å². The first-order valence-electron chi connectivity index (χ1n) is 5.21. The maximum Gasteiger partial charge on any atom is 0.492 e. The van der Waals surface area contributed by atoms with E-state index >= 15 is 0 Å². The summed E-state index contributed by atoms with van der Waals surface area (Å²) in [4.78, 5) is 13.5. The second kappa shape index (κ2) is 4.92. The van der Waals surface area contributed by atoms with Crippen molar-refractivity contribution in [3.05, 3.63) is 27.0 Å². The van der Waals surface area contributed by atoms with Crippen LogP contribution < -0.4 is 5.32 Å². The number of nitrogens with zero attached hydrogens (tertiary/aromatic N) is 4. The topological polar surface area (TPSA) is 85.9 Å². The third kappa shape index (κ3) is 3.34. The van der Waals surface area contributed by atoms with Gasteiger partial charge in [-0.3, -0.25) is 0 Å². The molecule has 1 aromatic heterocycles. The summed E-state index contributed by atoms with van der Waals surface area (Å²) in [5.41, 5.74) is 0.914. The van der Waals surface area contributed by atoms with E-state index in [4.69, 9.17) is 0 Å². The fraction of sp³-hybridized carbons (Fsp3) is 0.556. The van der Waals surface area contributed by atoms with Crippen molar-refractivity contribution in [2.45, 2.75) is 25.4 Å². The van der Waals surface area contributed by atoms with E-state index in [-0.39, 0.29) is 0 Å². The molecule has 0 spiro atoms. The van der Waals surface area contributed by atoms with Crippen molar-refractivity contribution in [3.63, 3.8) is 0 Å². The Morgan fingerprint density at radius 1 is 1.71 bits per heavy atom. The van der Waals surface area contributed by atoms with E-state index in [1.54, 1.807) is 0 Å². The lowest BCUT2D eigenvalue weighted by Crippen LogP contribution is -2.21. The molecule has 1 aromatic rings. The minimum Gasteiger partial charge on any atom is -0.390 e. The molecule has 7 nitrogen and oxygen atoms in total. The smallest absolute Gasteiger partial charge is 0.390 e. The highest BCUT2D eigenvalue weighted by Gasteiger charge is 2.22. The van der Waals surface area contributed by atoms with Gasteiger partial charge >= 0.3 is 5.95 Å². The minimum atomic E-state index is -0.619. The van der Waals surface area contributed by atoms with Gasteiger partial charge in [-0.05, 0) is 28.3 Å². The molecule has 0 aromatic carbocycles. The summed E-state index contributed by atoms with van der Waals surface area (Å²) in [6, 6.07) is 0.611. The van der Waals surface area contributed by atoms with Crippen LogP contribution in [0.15, 0.2) is 16.9 Å². The molecule has 0 unspecified atom stereocenters. The zero-order valence-electron chi connectivity index (χ0n) is 9.10. The quantitative estimate of drug-likeness (QED) is 0.485. The number of aromatic nitrogens is 3. The van der Waals surface area contributed by atoms with E-state index in [1.165, 1.54) is 17.5 Å². The van der Waals surface area contributed by atoms with Gasteiger partial charge in [0.05, 0.1) is 6.54 Å². The summed E-state index contributed by atoms with van der Waals surface area (Å²) in [6.45, 7) is 5.02. The van der Waals surface area contributed by atoms with E-state index in [1.807, 2.05) is 0 Å².